The van der Waals surface area contributed by atoms with Crippen molar-refractivity contribution in [3.8, 4) is 23.1 Å². The maximum absolute atomic E-state index is 9.56. The maximum Gasteiger partial charge on any atom is 0.245 e. The molecule has 2 aromatic heterocycles. The van der Waals surface area contributed by atoms with Crippen LogP contribution in [0.25, 0.3) is 16.8 Å². The predicted octanol–water partition coefficient (Wildman–Crippen LogP) is 4.32. The van der Waals surface area contributed by atoms with Gasteiger partial charge in [-0.15, -0.1) is 5.10 Å². The molecule has 2 aromatic carbocycles. The highest BCUT2D eigenvalue weighted by Gasteiger charge is 2.26. The Labute approximate surface area is 222 Å². The van der Waals surface area contributed by atoms with Crippen LogP contribution in [0.3, 0.4) is 0 Å². The summed E-state index contributed by atoms with van der Waals surface area (Å²) in [6.07, 6.45) is 4.09. The van der Waals surface area contributed by atoms with Crippen molar-refractivity contribution < 1.29 is 9.47 Å². The Bertz CT molecular complexity index is 1460. The minimum atomic E-state index is 0.446. The van der Waals surface area contributed by atoms with Gasteiger partial charge in [-0.05, 0) is 43.2 Å². The van der Waals surface area contributed by atoms with Crippen LogP contribution in [0.4, 0.5) is 17.3 Å². The molecule has 0 bridgehead atoms. The topological polar surface area (TPSA) is 91.0 Å². The van der Waals surface area contributed by atoms with Crippen molar-refractivity contribution in [2.75, 3.05) is 56.7 Å². The number of nitriles is 1. The normalized spacial score (nSPS) is 16.9. The number of hydrogen-bond donors (Lipinski definition) is 1. The molecule has 38 heavy (non-hydrogen) atoms. The summed E-state index contributed by atoms with van der Waals surface area (Å²) in [5.74, 6) is 1.19. The SMILES string of the molecule is COc1cc(N2CCC(N3CCOCC3)CC2)ccc1Nc1ncc2ccc(-c3ccccc3C#N)n2n1. The number of morpholine rings is 1. The molecule has 0 amide bonds. The van der Waals surface area contributed by atoms with Crippen molar-refractivity contribution in [2.45, 2.75) is 18.9 Å². The monoisotopic (exact) mass is 509 g/mol. The van der Waals surface area contributed by atoms with E-state index in [1.807, 2.05) is 47.0 Å². The number of aromatic nitrogens is 3. The average Bonchev–Trinajstić information content (AvgIpc) is 3.41. The number of methoxy groups -OCH3 is 1. The third-order valence-electron chi connectivity index (χ3n) is 7.55. The smallest absolute Gasteiger partial charge is 0.245 e. The van der Waals surface area contributed by atoms with Gasteiger partial charge < -0.3 is 19.7 Å². The average molecular weight is 510 g/mol. The van der Waals surface area contributed by atoms with Crippen LogP contribution in [0, 0.1) is 11.3 Å². The summed E-state index contributed by atoms with van der Waals surface area (Å²) in [6.45, 7) is 5.84. The van der Waals surface area contributed by atoms with Crippen molar-refractivity contribution in [3.05, 3.63) is 66.4 Å². The van der Waals surface area contributed by atoms with Crippen LogP contribution < -0.4 is 15.0 Å². The number of piperidine rings is 1. The fraction of sp³-hybridized carbons (Fsp3) is 0.345. The number of benzene rings is 2. The minimum Gasteiger partial charge on any atom is -0.494 e. The molecule has 0 aliphatic carbocycles. The molecule has 4 heterocycles. The number of fused-ring (bicyclic) bond motifs is 1. The number of nitrogens with one attached hydrogen (secondary N) is 1. The number of anilines is 3. The van der Waals surface area contributed by atoms with Gasteiger partial charge in [-0.1, -0.05) is 18.2 Å². The number of nitrogens with zero attached hydrogens (tertiary/aromatic N) is 6. The molecule has 2 aliphatic rings. The van der Waals surface area contributed by atoms with Crippen LogP contribution >= 0.6 is 0 Å². The zero-order valence-electron chi connectivity index (χ0n) is 21.5. The molecule has 9 heteroatoms. The van der Waals surface area contributed by atoms with E-state index in [0.717, 1.165) is 86.1 Å². The van der Waals surface area contributed by atoms with Crippen molar-refractivity contribution in [1.29, 1.82) is 5.26 Å². The van der Waals surface area contributed by atoms with E-state index < -0.39 is 0 Å². The fourth-order valence-electron chi connectivity index (χ4n) is 5.50. The van der Waals surface area contributed by atoms with E-state index in [-0.39, 0.29) is 0 Å². The van der Waals surface area contributed by atoms with Gasteiger partial charge in [-0.25, -0.2) is 9.50 Å². The molecule has 2 saturated heterocycles. The highest BCUT2D eigenvalue weighted by Crippen LogP contribution is 2.33. The van der Waals surface area contributed by atoms with E-state index in [9.17, 15) is 5.26 Å². The van der Waals surface area contributed by atoms with E-state index in [0.29, 0.717) is 17.6 Å². The van der Waals surface area contributed by atoms with Gasteiger partial charge in [0.1, 0.15) is 5.75 Å². The first kappa shape index (κ1) is 24.2. The second-order valence-electron chi connectivity index (χ2n) is 9.67. The first-order chi connectivity index (χ1) is 18.7. The second-order valence-corrected chi connectivity index (χ2v) is 9.67. The molecule has 0 atom stereocenters. The molecule has 0 radical (unpaired) electrons. The lowest BCUT2D eigenvalue weighted by Crippen LogP contribution is -2.49. The Morgan fingerprint density at radius 1 is 1.03 bits per heavy atom. The largest absolute Gasteiger partial charge is 0.494 e. The molecular weight excluding hydrogens is 478 g/mol. The zero-order valence-corrected chi connectivity index (χ0v) is 21.5. The molecule has 194 valence electrons. The van der Waals surface area contributed by atoms with Crippen molar-refractivity contribution in [1.82, 2.24) is 19.5 Å². The zero-order chi connectivity index (χ0) is 25.9. The Hall–Kier alpha value is -4.13. The predicted molar refractivity (Wildman–Crippen MR) is 147 cm³/mol. The van der Waals surface area contributed by atoms with Gasteiger partial charge in [0.25, 0.3) is 0 Å². The molecule has 1 N–H and O–H groups in total. The summed E-state index contributed by atoms with van der Waals surface area (Å²) in [4.78, 5) is 9.52. The van der Waals surface area contributed by atoms with Crippen molar-refractivity contribution in [2.24, 2.45) is 0 Å². The van der Waals surface area contributed by atoms with Crippen LogP contribution in [0.15, 0.2) is 60.8 Å². The number of ether oxygens (including phenoxy) is 2. The molecule has 9 nitrogen and oxygen atoms in total. The van der Waals surface area contributed by atoms with Crippen LogP contribution in [0.1, 0.15) is 18.4 Å². The van der Waals surface area contributed by atoms with Crippen molar-refractivity contribution >= 4 is 22.8 Å². The molecular formula is C29H31N7O2. The fourth-order valence-corrected chi connectivity index (χ4v) is 5.50. The van der Waals surface area contributed by atoms with Gasteiger partial charge in [-0.3, -0.25) is 4.90 Å². The molecule has 2 aliphatic heterocycles. The van der Waals surface area contributed by atoms with E-state index in [4.69, 9.17) is 14.6 Å². The first-order valence-corrected chi connectivity index (χ1v) is 13.1. The summed E-state index contributed by atoms with van der Waals surface area (Å²) in [7, 11) is 1.68. The van der Waals surface area contributed by atoms with E-state index >= 15 is 0 Å². The van der Waals surface area contributed by atoms with Crippen LogP contribution in [-0.2, 0) is 4.74 Å². The molecule has 0 saturated carbocycles. The lowest BCUT2D eigenvalue weighted by atomic mass is 10.0. The van der Waals surface area contributed by atoms with E-state index in [1.165, 1.54) is 0 Å². The molecule has 2 fully saturated rings. The lowest BCUT2D eigenvalue weighted by molar-refractivity contribution is 0.0115. The summed E-state index contributed by atoms with van der Waals surface area (Å²) in [5, 5.41) is 17.6. The van der Waals surface area contributed by atoms with Gasteiger partial charge in [-0.2, -0.15) is 5.26 Å². The summed E-state index contributed by atoms with van der Waals surface area (Å²) < 4.78 is 13.1. The van der Waals surface area contributed by atoms with Gasteiger partial charge in [0.2, 0.25) is 5.95 Å². The van der Waals surface area contributed by atoms with Gasteiger partial charge in [0, 0.05) is 49.5 Å². The Balaban J connectivity index is 1.20. The third-order valence-corrected chi connectivity index (χ3v) is 7.55. The molecule has 0 unspecified atom stereocenters. The highest BCUT2D eigenvalue weighted by molar-refractivity contribution is 5.72. The maximum atomic E-state index is 9.56. The summed E-state index contributed by atoms with van der Waals surface area (Å²) >= 11 is 0. The first-order valence-electron chi connectivity index (χ1n) is 13.1. The quantitative estimate of drug-likeness (QED) is 0.411. The van der Waals surface area contributed by atoms with Crippen LogP contribution in [-0.4, -0.2) is 72.0 Å². The standard InChI is InChI=1S/C29H31N7O2/c1-37-28-18-23(34-12-10-22(11-13-34)35-14-16-38-17-15-35)6-8-26(28)32-29-31-20-24-7-9-27(36(24)33-29)25-5-3-2-4-21(25)19-30/h2-9,18,20,22H,10-17H2,1H3,(H,32,33). The lowest BCUT2D eigenvalue weighted by Gasteiger charge is -2.40. The Morgan fingerprint density at radius 2 is 1.84 bits per heavy atom. The Kier molecular flexibility index (Phi) is 6.82. The van der Waals surface area contributed by atoms with Crippen molar-refractivity contribution in [3.63, 3.8) is 0 Å². The second kappa shape index (κ2) is 10.7. The molecule has 4 aromatic rings. The minimum absolute atomic E-state index is 0.446. The van der Waals surface area contributed by atoms with Gasteiger partial charge >= 0.3 is 0 Å². The van der Waals surface area contributed by atoms with Crippen LogP contribution in [0.5, 0.6) is 5.75 Å². The summed E-state index contributed by atoms with van der Waals surface area (Å²) in [6, 6.07) is 20.6. The number of rotatable bonds is 6. The highest BCUT2D eigenvalue weighted by atomic mass is 16.5. The summed E-state index contributed by atoms with van der Waals surface area (Å²) in [5.41, 5.74) is 5.08. The third kappa shape index (κ3) is 4.76. The van der Waals surface area contributed by atoms with Gasteiger partial charge in [0.15, 0.2) is 0 Å². The van der Waals surface area contributed by atoms with E-state index in [1.54, 1.807) is 13.3 Å². The molecule has 6 rings (SSSR count). The van der Waals surface area contributed by atoms with Gasteiger partial charge in [0.05, 0.1) is 55.1 Å². The molecule has 0 spiro atoms. The van der Waals surface area contributed by atoms with E-state index in [2.05, 4.69) is 38.3 Å². The Morgan fingerprint density at radius 3 is 2.63 bits per heavy atom. The van der Waals surface area contributed by atoms with Crippen LogP contribution in [0.2, 0.25) is 0 Å². The number of hydrogen-bond acceptors (Lipinski definition) is 8.